The molecule has 0 radical (unpaired) electrons. The molecular formula is C20H17FN4OS. The Bertz CT molecular complexity index is 1070. The van der Waals surface area contributed by atoms with Gasteiger partial charge in [0.05, 0.1) is 29.2 Å². The molecule has 0 unspecified atom stereocenters. The maximum absolute atomic E-state index is 13.4. The van der Waals surface area contributed by atoms with E-state index in [1.807, 2.05) is 36.6 Å². The first-order valence-corrected chi connectivity index (χ1v) is 9.41. The first-order valence-electron chi connectivity index (χ1n) is 8.53. The Kier molecular flexibility index (Phi) is 4.68. The zero-order valence-corrected chi connectivity index (χ0v) is 15.4. The highest BCUT2D eigenvalue weighted by Gasteiger charge is 2.15. The van der Waals surface area contributed by atoms with Crippen molar-refractivity contribution in [2.24, 2.45) is 0 Å². The molecule has 1 amide bonds. The summed E-state index contributed by atoms with van der Waals surface area (Å²) in [5.41, 5.74) is 3.18. The van der Waals surface area contributed by atoms with Crippen LogP contribution < -0.4 is 5.32 Å². The summed E-state index contributed by atoms with van der Waals surface area (Å²) < 4.78 is 13.4. The van der Waals surface area contributed by atoms with Gasteiger partial charge in [0, 0.05) is 10.9 Å². The van der Waals surface area contributed by atoms with Crippen molar-refractivity contribution in [2.75, 3.05) is 0 Å². The fourth-order valence-corrected chi connectivity index (χ4v) is 3.66. The number of aromatic nitrogens is 3. The fourth-order valence-electron chi connectivity index (χ4n) is 2.85. The van der Waals surface area contributed by atoms with Crippen molar-refractivity contribution < 1.29 is 9.18 Å². The smallest absolute Gasteiger partial charge is 0.226 e. The van der Waals surface area contributed by atoms with Gasteiger partial charge in [0.1, 0.15) is 16.6 Å². The van der Waals surface area contributed by atoms with Gasteiger partial charge in [-0.2, -0.15) is 0 Å². The predicted octanol–water partition coefficient (Wildman–Crippen LogP) is 4.25. The van der Waals surface area contributed by atoms with Crippen LogP contribution in [0.1, 0.15) is 24.5 Å². The summed E-state index contributed by atoms with van der Waals surface area (Å²) >= 11 is 1.40. The van der Waals surface area contributed by atoms with Gasteiger partial charge in [-0.1, -0.05) is 24.3 Å². The first kappa shape index (κ1) is 17.4. The SMILES string of the molecule is C[C@H](NC(=O)Cc1csc(-c2cccc(F)c2)n1)c1nc2ccccc2[nH]1. The van der Waals surface area contributed by atoms with Crippen LogP contribution in [0.25, 0.3) is 21.6 Å². The summed E-state index contributed by atoms with van der Waals surface area (Å²) in [6.45, 7) is 1.88. The van der Waals surface area contributed by atoms with Crippen LogP contribution >= 0.6 is 11.3 Å². The van der Waals surface area contributed by atoms with E-state index in [9.17, 15) is 9.18 Å². The molecule has 0 aliphatic heterocycles. The van der Waals surface area contributed by atoms with Crippen molar-refractivity contribution in [3.05, 3.63) is 71.2 Å². The summed E-state index contributed by atoms with van der Waals surface area (Å²) in [5.74, 6) is 0.268. The van der Waals surface area contributed by atoms with Crippen LogP contribution in [-0.4, -0.2) is 20.9 Å². The molecular weight excluding hydrogens is 363 g/mol. The van der Waals surface area contributed by atoms with E-state index in [2.05, 4.69) is 20.3 Å². The largest absolute Gasteiger partial charge is 0.346 e. The Balaban J connectivity index is 1.42. The third-order valence-corrected chi connectivity index (χ3v) is 5.10. The minimum atomic E-state index is -0.304. The van der Waals surface area contributed by atoms with Gasteiger partial charge >= 0.3 is 0 Å². The number of amides is 1. The van der Waals surface area contributed by atoms with Crippen molar-refractivity contribution >= 4 is 28.3 Å². The van der Waals surface area contributed by atoms with Gasteiger partial charge in [-0.3, -0.25) is 4.79 Å². The van der Waals surface area contributed by atoms with Crippen LogP contribution in [0.4, 0.5) is 4.39 Å². The molecule has 0 saturated carbocycles. The average molecular weight is 380 g/mol. The number of rotatable bonds is 5. The quantitative estimate of drug-likeness (QED) is 0.544. The Morgan fingerprint density at radius 3 is 2.89 bits per heavy atom. The number of thiazole rings is 1. The Labute approximate surface area is 159 Å². The number of nitrogens with one attached hydrogen (secondary N) is 2. The number of aromatic amines is 1. The number of fused-ring (bicyclic) bond motifs is 1. The molecule has 2 N–H and O–H groups in total. The van der Waals surface area contributed by atoms with Gasteiger partial charge in [0.15, 0.2) is 0 Å². The van der Waals surface area contributed by atoms with Crippen molar-refractivity contribution in [3.8, 4) is 10.6 Å². The highest BCUT2D eigenvalue weighted by Crippen LogP contribution is 2.24. The third-order valence-electron chi connectivity index (χ3n) is 4.16. The summed E-state index contributed by atoms with van der Waals surface area (Å²) in [5, 5.41) is 5.46. The molecule has 0 aliphatic rings. The highest BCUT2D eigenvalue weighted by molar-refractivity contribution is 7.13. The zero-order chi connectivity index (χ0) is 18.8. The Morgan fingerprint density at radius 2 is 2.07 bits per heavy atom. The topological polar surface area (TPSA) is 70.7 Å². The average Bonchev–Trinajstić information content (AvgIpc) is 3.28. The molecule has 7 heteroatoms. The molecule has 5 nitrogen and oxygen atoms in total. The molecule has 0 aliphatic carbocycles. The van der Waals surface area contributed by atoms with E-state index in [4.69, 9.17) is 0 Å². The van der Waals surface area contributed by atoms with E-state index < -0.39 is 0 Å². The van der Waals surface area contributed by atoms with E-state index >= 15 is 0 Å². The number of imidazole rings is 1. The van der Waals surface area contributed by atoms with Crippen LogP contribution in [0.3, 0.4) is 0 Å². The van der Waals surface area contributed by atoms with E-state index in [1.165, 1.54) is 23.5 Å². The second-order valence-electron chi connectivity index (χ2n) is 6.26. The molecule has 4 aromatic rings. The van der Waals surface area contributed by atoms with Gasteiger partial charge in [-0.25, -0.2) is 14.4 Å². The standard InChI is InChI=1S/C20H17FN4OS/c1-12(19-24-16-7-2-3-8-17(16)25-19)22-18(26)10-15-11-27-20(23-15)13-5-4-6-14(21)9-13/h2-9,11-12H,10H2,1H3,(H,22,26)(H,24,25)/t12-/m0/s1. The molecule has 0 saturated heterocycles. The molecule has 27 heavy (non-hydrogen) atoms. The number of benzene rings is 2. The molecule has 4 rings (SSSR count). The van der Waals surface area contributed by atoms with Crippen molar-refractivity contribution in [3.63, 3.8) is 0 Å². The zero-order valence-electron chi connectivity index (χ0n) is 14.6. The van der Waals surface area contributed by atoms with Gasteiger partial charge in [-0.05, 0) is 31.2 Å². The van der Waals surface area contributed by atoms with Gasteiger partial charge < -0.3 is 10.3 Å². The molecule has 2 heterocycles. The molecule has 1 atom stereocenters. The Hall–Kier alpha value is -3.06. The van der Waals surface area contributed by atoms with Crippen LogP contribution in [0.15, 0.2) is 53.9 Å². The van der Waals surface area contributed by atoms with E-state index in [0.29, 0.717) is 22.1 Å². The van der Waals surface area contributed by atoms with Crippen LogP contribution in [0, 0.1) is 5.82 Å². The third kappa shape index (κ3) is 3.88. The van der Waals surface area contributed by atoms with Crippen LogP contribution in [0.5, 0.6) is 0 Å². The first-order chi connectivity index (χ1) is 13.1. The number of carbonyl (C=O) groups is 1. The monoisotopic (exact) mass is 380 g/mol. The second-order valence-corrected chi connectivity index (χ2v) is 7.12. The highest BCUT2D eigenvalue weighted by atomic mass is 32.1. The van der Waals surface area contributed by atoms with Crippen LogP contribution in [-0.2, 0) is 11.2 Å². The maximum Gasteiger partial charge on any atom is 0.226 e. The van der Waals surface area contributed by atoms with Crippen LogP contribution in [0.2, 0.25) is 0 Å². The van der Waals surface area contributed by atoms with E-state index in [0.717, 1.165) is 11.0 Å². The molecule has 0 spiro atoms. The lowest BCUT2D eigenvalue weighted by molar-refractivity contribution is -0.121. The fraction of sp³-hybridized carbons (Fsp3) is 0.150. The molecule has 136 valence electrons. The summed E-state index contributed by atoms with van der Waals surface area (Å²) in [4.78, 5) is 24.5. The molecule has 0 bridgehead atoms. The van der Waals surface area contributed by atoms with Crippen molar-refractivity contribution in [1.82, 2.24) is 20.3 Å². The van der Waals surface area contributed by atoms with Crippen molar-refractivity contribution in [2.45, 2.75) is 19.4 Å². The number of hydrogen-bond acceptors (Lipinski definition) is 4. The van der Waals surface area contributed by atoms with E-state index in [-0.39, 0.29) is 24.2 Å². The normalized spacial score (nSPS) is 12.2. The maximum atomic E-state index is 13.4. The minimum absolute atomic E-state index is 0.140. The lowest BCUT2D eigenvalue weighted by Crippen LogP contribution is -2.28. The number of para-hydroxylation sites is 2. The Morgan fingerprint density at radius 1 is 1.22 bits per heavy atom. The lowest BCUT2D eigenvalue weighted by atomic mass is 10.2. The minimum Gasteiger partial charge on any atom is -0.346 e. The molecule has 0 fully saturated rings. The van der Waals surface area contributed by atoms with Gasteiger partial charge in [0.25, 0.3) is 0 Å². The number of nitrogens with zero attached hydrogens (tertiary/aromatic N) is 2. The molecule has 2 aromatic heterocycles. The number of halogens is 1. The van der Waals surface area contributed by atoms with E-state index in [1.54, 1.807) is 12.1 Å². The number of H-pyrrole nitrogens is 1. The second kappa shape index (κ2) is 7.28. The van der Waals surface area contributed by atoms with Gasteiger partial charge in [-0.15, -0.1) is 11.3 Å². The summed E-state index contributed by atoms with van der Waals surface area (Å²) in [6.07, 6.45) is 0.163. The van der Waals surface area contributed by atoms with Crippen molar-refractivity contribution in [1.29, 1.82) is 0 Å². The summed E-state index contributed by atoms with van der Waals surface area (Å²) in [7, 11) is 0. The van der Waals surface area contributed by atoms with Gasteiger partial charge in [0.2, 0.25) is 5.91 Å². The molecule has 2 aromatic carbocycles. The number of hydrogen-bond donors (Lipinski definition) is 2. The lowest BCUT2D eigenvalue weighted by Gasteiger charge is -2.10. The predicted molar refractivity (Wildman–Crippen MR) is 104 cm³/mol. The number of carbonyl (C=O) groups excluding carboxylic acids is 1. The summed E-state index contributed by atoms with van der Waals surface area (Å²) in [6, 6.07) is 13.8.